The number of anilines is 2. The van der Waals surface area contributed by atoms with E-state index < -0.39 is 0 Å². The quantitative estimate of drug-likeness (QED) is 0.562. The van der Waals surface area contributed by atoms with Gasteiger partial charge in [-0.15, -0.1) is 0 Å². The third-order valence-electron chi connectivity index (χ3n) is 2.47. The number of hydrogen-bond acceptors (Lipinski definition) is 4. The first-order chi connectivity index (χ1) is 9.06. The van der Waals surface area contributed by atoms with Crippen LogP contribution in [0.2, 0.25) is 0 Å². The van der Waals surface area contributed by atoms with Crippen molar-refractivity contribution in [1.29, 1.82) is 0 Å². The van der Waals surface area contributed by atoms with Crippen molar-refractivity contribution in [3.8, 4) is 0 Å². The zero-order valence-electron chi connectivity index (χ0n) is 11.4. The van der Waals surface area contributed by atoms with Crippen LogP contribution in [0.4, 0.5) is 11.4 Å². The molecule has 0 spiro atoms. The molecule has 4 N–H and O–H groups in total. The molecule has 1 aliphatic heterocycles. The molecule has 5 nitrogen and oxygen atoms in total. The van der Waals surface area contributed by atoms with Crippen LogP contribution in [0.5, 0.6) is 0 Å². The summed E-state index contributed by atoms with van der Waals surface area (Å²) < 4.78 is 0. The van der Waals surface area contributed by atoms with Crippen molar-refractivity contribution in [2.75, 3.05) is 11.1 Å². The molecule has 1 aromatic carbocycles. The highest BCUT2D eigenvalue weighted by atomic mass is 16.2. The van der Waals surface area contributed by atoms with E-state index in [0.717, 1.165) is 5.69 Å². The second-order valence-electron chi connectivity index (χ2n) is 4.48. The van der Waals surface area contributed by atoms with Gasteiger partial charge in [-0.25, -0.2) is 0 Å². The molecule has 104 valence electrons. The molecule has 0 bridgehead atoms. The number of carbonyl (C=O) groups excluding carboxylic acids is 2. The highest BCUT2D eigenvalue weighted by Crippen LogP contribution is 2.16. The van der Waals surface area contributed by atoms with Crippen molar-refractivity contribution in [3.05, 3.63) is 24.3 Å². The standard InChI is InChI=1S/C11H13N3O2.C3H8/c12-7-2-1-3-8(6-7)13-9-4-5-10(15)14-11(9)16;1-3-2/h1-3,6,9,13H,4-5,12H2,(H,14,15,16);3H2,1-2H3. The van der Waals surface area contributed by atoms with Gasteiger partial charge in [0.05, 0.1) is 0 Å². The van der Waals surface area contributed by atoms with E-state index in [2.05, 4.69) is 24.5 Å². The number of carbonyl (C=O) groups is 2. The monoisotopic (exact) mass is 263 g/mol. The first-order valence-corrected chi connectivity index (χ1v) is 6.52. The summed E-state index contributed by atoms with van der Waals surface area (Å²) in [7, 11) is 0. The van der Waals surface area contributed by atoms with Crippen molar-refractivity contribution in [1.82, 2.24) is 5.32 Å². The molecule has 1 atom stereocenters. The Morgan fingerprint density at radius 2 is 2.05 bits per heavy atom. The number of amides is 2. The Balaban J connectivity index is 0.000000550. The minimum absolute atomic E-state index is 0.212. The van der Waals surface area contributed by atoms with Gasteiger partial charge in [-0.05, 0) is 24.6 Å². The topological polar surface area (TPSA) is 84.2 Å². The van der Waals surface area contributed by atoms with E-state index in [9.17, 15) is 9.59 Å². The van der Waals surface area contributed by atoms with Crippen LogP contribution in [-0.4, -0.2) is 17.9 Å². The van der Waals surface area contributed by atoms with Gasteiger partial charge in [0.15, 0.2) is 0 Å². The Morgan fingerprint density at radius 1 is 1.37 bits per heavy atom. The van der Waals surface area contributed by atoms with Gasteiger partial charge in [-0.2, -0.15) is 0 Å². The molecule has 1 heterocycles. The number of nitrogen functional groups attached to an aromatic ring is 1. The number of imide groups is 1. The van der Waals surface area contributed by atoms with Crippen molar-refractivity contribution in [3.63, 3.8) is 0 Å². The van der Waals surface area contributed by atoms with Crippen molar-refractivity contribution >= 4 is 23.2 Å². The molecule has 1 fully saturated rings. The van der Waals surface area contributed by atoms with Crippen LogP contribution in [0.3, 0.4) is 0 Å². The first kappa shape index (κ1) is 15.0. The molecule has 1 saturated heterocycles. The third-order valence-corrected chi connectivity index (χ3v) is 2.47. The summed E-state index contributed by atoms with van der Waals surface area (Å²) in [6, 6.07) is 6.81. The van der Waals surface area contributed by atoms with Crippen LogP contribution < -0.4 is 16.4 Å². The summed E-state index contributed by atoms with van der Waals surface area (Å²) in [6.45, 7) is 4.25. The van der Waals surface area contributed by atoms with Crippen LogP contribution in [-0.2, 0) is 9.59 Å². The normalized spacial score (nSPS) is 18.1. The average Bonchev–Trinajstić information content (AvgIpc) is 2.34. The van der Waals surface area contributed by atoms with Crippen molar-refractivity contribution in [2.45, 2.75) is 39.2 Å². The molecule has 1 unspecified atom stereocenters. The molecule has 1 aromatic rings. The number of piperidine rings is 1. The maximum absolute atomic E-state index is 11.5. The van der Waals surface area contributed by atoms with Crippen LogP contribution in [0.25, 0.3) is 0 Å². The highest BCUT2D eigenvalue weighted by Gasteiger charge is 2.26. The number of rotatable bonds is 2. The Labute approximate surface area is 113 Å². The molecule has 5 heteroatoms. The molecule has 2 rings (SSSR count). The van der Waals surface area contributed by atoms with Gasteiger partial charge in [0, 0.05) is 17.8 Å². The Bertz CT molecular complexity index is 446. The van der Waals surface area contributed by atoms with Crippen LogP contribution in [0, 0.1) is 0 Å². The molecule has 19 heavy (non-hydrogen) atoms. The Kier molecular flexibility index (Phi) is 5.85. The predicted molar refractivity (Wildman–Crippen MR) is 76.6 cm³/mol. The summed E-state index contributed by atoms with van der Waals surface area (Å²) in [6.07, 6.45) is 2.13. The summed E-state index contributed by atoms with van der Waals surface area (Å²) in [4.78, 5) is 22.4. The Morgan fingerprint density at radius 3 is 2.63 bits per heavy atom. The maximum Gasteiger partial charge on any atom is 0.249 e. The van der Waals surface area contributed by atoms with E-state index in [1.54, 1.807) is 12.1 Å². The van der Waals surface area contributed by atoms with E-state index >= 15 is 0 Å². The van der Waals surface area contributed by atoms with Crippen LogP contribution in [0.15, 0.2) is 24.3 Å². The molecular formula is C14H21N3O2. The lowest BCUT2D eigenvalue weighted by molar-refractivity contribution is -0.133. The predicted octanol–water partition coefficient (Wildman–Crippen LogP) is 1.90. The molecule has 0 radical (unpaired) electrons. The summed E-state index contributed by atoms with van der Waals surface area (Å²) in [5.74, 6) is -0.491. The zero-order valence-corrected chi connectivity index (χ0v) is 11.4. The average molecular weight is 263 g/mol. The summed E-state index contributed by atoms with van der Waals surface area (Å²) in [5, 5.41) is 5.34. The fraction of sp³-hybridized carbons (Fsp3) is 0.429. The zero-order chi connectivity index (χ0) is 14.3. The van der Waals surface area contributed by atoms with Gasteiger partial charge < -0.3 is 11.1 Å². The highest BCUT2D eigenvalue weighted by molar-refractivity contribution is 6.01. The summed E-state index contributed by atoms with van der Waals surface area (Å²) >= 11 is 0. The smallest absolute Gasteiger partial charge is 0.249 e. The molecule has 0 aliphatic carbocycles. The van der Waals surface area contributed by atoms with E-state index in [4.69, 9.17) is 5.73 Å². The number of nitrogens with two attached hydrogens (primary N) is 1. The van der Waals surface area contributed by atoms with E-state index in [0.29, 0.717) is 18.5 Å². The number of benzene rings is 1. The molecule has 0 aromatic heterocycles. The summed E-state index contributed by atoms with van der Waals surface area (Å²) in [5.41, 5.74) is 7.05. The number of hydrogen-bond donors (Lipinski definition) is 3. The van der Waals surface area contributed by atoms with E-state index in [1.165, 1.54) is 6.42 Å². The van der Waals surface area contributed by atoms with Gasteiger partial charge in [0.25, 0.3) is 0 Å². The Hall–Kier alpha value is -2.04. The van der Waals surface area contributed by atoms with E-state index in [-0.39, 0.29) is 17.9 Å². The molecule has 1 aliphatic rings. The van der Waals surface area contributed by atoms with Gasteiger partial charge in [-0.1, -0.05) is 26.3 Å². The fourth-order valence-corrected chi connectivity index (χ4v) is 1.66. The fourth-order valence-electron chi connectivity index (χ4n) is 1.66. The minimum Gasteiger partial charge on any atom is -0.399 e. The van der Waals surface area contributed by atoms with Crippen molar-refractivity contribution < 1.29 is 9.59 Å². The lowest BCUT2D eigenvalue weighted by Crippen LogP contribution is -2.47. The van der Waals surface area contributed by atoms with Gasteiger partial charge >= 0.3 is 0 Å². The van der Waals surface area contributed by atoms with Gasteiger partial charge in [0.1, 0.15) is 6.04 Å². The van der Waals surface area contributed by atoms with Crippen LogP contribution in [0.1, 0.15) is 33.1 Å². The van der Waals surface area contributed by atoms with Gasteiger partial charge in [0.2, 0.25) is 11.8 Å². The van der Waals surface area contributed by atoms with E-state index in [1.807, 2.05) is 12.1 Å². The van der Waals surface area contributed by atoms with Crippen molar-refractivity contribution in [2.24, 2.45) is 0 Å². The van der Waals surface area contributed by atoms with Gasteiger partial charge in [-0.3, -0.25) is 14.9 Å². The lowest BCUT2D eigenvalue weighted by atomic mass is 10.1. The SMILES string of the molecule is CCC.Nc1cccc(NC2CCC(=O)NC2=O)c1. The lowest BCUT2D eigenvalue weighted by Gasteiger charge is -2.22. The second kappa shape index (κ2) is 7.41. The molecule has 2 amide bonds. The first-order valence-electron chi connectivity index (χ1n) is 6.52. The maximum atomic E-state index is 11.5. The third kappa shape index (κ3) is 4.99. The van der Waals surface area contributed by atoms with Crippen LogP contribution >= 0.6 is 0 Å². The largest absolute Gasteiger partial charge is 0.399 e. The second-order valence-corrected chi connectivity index (χ2v) is 4.48. The number of nitrogens with one attached hydrogen (secondary N) is 2. The molecular weight excluding hydrogens is 242 g/mol. The minimum atomic E-state index is -0.362. The molecule has 0 saturated carbocycles.